The van der Waals surface area contributed by atoms with E-state index in [4.69, 9.17) is 16.3 Å². The molecule has 1 N–H and O–H groups in total. The normalized spacial score (nSPS) is 16.8. The van der Waals surface area contributed by atoms with E-state index in [0.717, 1.165) is 43.1 Å². The third-order valence-electron chi connectivity index (χ3n) is 5.25. The molecule has 2 aliphatic heterocycles. The standard InChI is InChI=1S/C22H24ClN3O2/c1-25-8-10-26(11-9-25)20-5-3-2-4-16(20)14-24-22(27)18-12-17-13-19(23)6-7-21(17)28-15-18/h2-7,12-13H,8-11,14-15H2,1H3,(H,24,27). The fourth-order valence-electron chi connectivity index (χ4n) is 3.58. The van der Waals surface area contributed by atoms with Crippen molar-refractivity contribution in [3.05, 3.63) is 64.2 Å². The van der Waals surface area contributed by atoms with Gasteiger partial charge in [-0.3, -0.25) is 4.79 Å². The Morgan fingerprint density at radius 2 is 1.93 bits per heavy atom. The van der Waals surface area contributed by atoms with Gasteiger partial charge in [-0.25, -0.2) is 0 Å². The summed E-state index contributed by atoms with van der Waals surface area (Å²) >= 11 is 6.05. The molecule has 0 bridgehead atoms. The van der Waals surface area contributed by atoms with Crippen LogP contribution in [0.25, 0.3) is 6.08 Å². The van der Waals surface area contributed by atoms with Crippen LogP contribution in [0.3, 0.4) is 0 Å². The average Bonchev–Trinajstić information content (AvgIpc) is 2.72. The molecule has 2 aromatic rings. The Labute approximate surface area is 170 Å². The molecule has 0 aliphatic carbocycles. The van der Waals surface area contributed by atoms with Crippen LogP contribution in [-0.4, -0.2) is 50.6 Å². The summed E-state index contributed by atoms with van der Waals surface area (Å²) in [6.45, 7) is 4.84. The van der Waals surface area contributed by atoms with Crippen molar-refractivity contribution in [3.8, 4) is 5.75 Å². The van der Waals surface area contributed by atoms with Crippen molar-refractivity contribution in [3.63, 3.8) is 0 Å². The number of nitrogens with one attached hydrogen (secondary N) is 1. The smallest absolute Gasteiger partial charge is 0.250 e. The highest BCUT2D eigenvalue weighted by Crippen LogP contribution is 2.29. The van der Waals surface area contributed by atoms with Gasteiger partial charge in [-0.15, -0.1) is 0 Å². The summed E-state index contributed by atoms with van der Waals surface area (Å²) in [5, 5.41) is 3.67. The monoisotopic (exact) mass is 397 g/mol. The Kier molecular flexibility index (Phi) is 5.55. The van der Waals surface area contributed by atoms with Gasteiger partial charge in [0.05, 0.1) is 5.57 Å². The Bertz CT molecular complexity index is 904. The van der Waals surface area contributed by atoms with Crippen LogP contribution in [0.5, 0.6) is 5.75 Å². The largest absolute Gasteiger partial charge is 0.488 e. The number of carbonyl (C=O) groups excluding carboxylic acids is 1. The van der Waals surface area contributed by atoms with Crippen molar-refractivity contribution in [2.24, 2.45) is 0 Å². The summed E-state index contributed by atoms with van der Waals surface area (Å²) in [5.74, 6) is 0.639. The first-order valence-electron chi connectivity index (χ1n) is 9.53. The van der Waals surface area contributed by atoms with Crippen molar-refractivity contribution in [2.45, 2.75) is 6.54 Å². The van der Waals surface area contributed by atoms with Crippen LogP contribution in [0.4, 0.5) is 5.69 Å². The van der Waals surface area contributed by atoms with E-state index in [-0.39, 0.29) is 12.5 Å². The molecule has 1 saturated heterocycles. The molecule has 0 atom stereocenters. The molecule has 4 rings (SSSR count). The number of rotatable bonds is 4. The van der Waals surface area contributed by atoms with Crippen molar-refractivity contribution in [1.29, 1.82) is 0 Å². The Morgan fingerprint density at radius 3 is 2.75 bits per heavy atom. The number of hydrogen-bond donors (Lipinski definition) is 1. The number of nitrogens with zero attached hydrogens (tertiary/aromatic N) is 2. The summed E-state index contributed by atoms with van der Waals surface area (Å²) < 4.78 is 5.69. The molecule has 0 aromatic heterocycles. The SMILES string of the molecule is CN1CCN(c2ccccc2CNC(=O)C2=Cc3cc(Cl)ccc3OC2)CC1. The third kappa shape index (κ3) is 4.16. The maximum Gasteiger partial charge on any atom is 0.250 e. The van der Waals surface area contributed by atoms with E-state index in [1.54, 1.807) is 6.07 Å². The first-order chi connectivity index (χ1) is 13.6. The van der Waals surface area contributed by atoms with Crippen LogP contribution in [0.1, 0.15) is 11.1 Å². The molecule has 28 heavy (non-hydrogen) atoms. The van der Waals surface area contributed by atoms with Gasteiger partial charge < -0.3 is 19.9 Å². The molecule has 146 valence electrons. The van der Waals surface area contributed by atoms with Gasteiger partial charge in [0.1, 0.15) is 12.4 Å². The van der Waals surface area contributed by atoms with Crippen LogP contribution in [-0.2, 0) is 11.3 Å². The summed E-state index contributed by atoms with van der Waals surface area (Å²) in [6, 6.07) is 13.7. The second-order valence-electron chi connectivity index (χ2n) is 7.24. The molecular weight excluding hydrogens is 374 g/mol. The van der Waals surface area contributed by atoms with E-state index in [9.17, 15) is 4.79 Å². The number of benzene rings is 2. The summed E-state index contributed by atoms with van der Waals surface area (Å²) in [5.41, 5.74) is 3.76. The molecular formula is C22H24ClN3O2. The number of fused-ring (bicyclic) bond motifs is 1. The number of likely N-dealkylation sites (N-methyl/N-ethyl adjacent to an activating group) is 1. The highest BCUT2D eigenvalue weighted by atomic mass is 35.5. The van der Waals surface area contributed by atoms with Crippen LogP contribution in [0, 0.1) is 0 Å². The van der Waals surface area contributed by atoms with Gasteiger partial charge in [-0.2, -0.15) is 0 Å². The summed E-state index contributed by atoms with van der Waals surface area (Å²) in [4.78, 5) is 17.4. The minimum absolute atomic E-state index is 0.112. The molecule has 1 fully saturated rings. The van der Waals surface area contributed by atoms with E-state index in [1.165, 1.54) is 5.69 Å². The molecule has 5 nitrogen and oxygen atoms in total. The van der Waals surface area contributed by atoms with Crippen molar-refractivity contribution >= 4 is 29.3 Å². The maximum atomic E-state index is 12.7. The summed E-state index contributed by atoms with van der Waals surface area (Å²) in [6.07, 6.45) is 1.85. The van der Waals surface area contributed by atoms with Crippen LogP contribution in [0.2, 0.25) is 5.02 Å². The maximum absolute atomic E-state index is 12.7. The highest BCUT2D eigenvalue weighted by molar-refractivity contribution is 6.30. The lowest BCUT2D eigenvalue weighted by molar-refractivity contribution is -0.117. The van der Waals surface area contributed by atoms with Gasteiger partial charge in [0.2, 0.25) is 0 Å². The Morgan fingerprint density at radius 1 is 1.14 bits per heavy atom. The fourth-order valence-corrected chi connectivity index (χ4v) is 3.77. The zero-order valence-corrected chi connectivity index (χ0v) is 16.7. The van der Waals surface area contributed by atoms with Gasteiger partial charge in [0.15, 0.2) is 0 Å². The van der Waals surface area contributed by atoms with Gasteiger partial charge in [0, 0.05) is 49.0 Å². The van der Waals surface area contributed by atoms with Crippen molar-refractivity contribution < 1.29 is 9.53 Å². The van der Waals surface area contributed by atoms with Gasteiger partial charge >= 0.3 is 0 Å². The Balaban J connectivity index is 1.44. The van der Waals surface area contributed by atoms with Gasteiger partial charge in [0.25, 0.3) is 5.91 Å². The number of carbonyl (C=O) groups is 1. The second-order valence-corrected chi connectivity index (χ2v) is 7.68. The minimum Gasteiger partial charge on any atom is -0.488 e. The number of piperazine rings is 1. The lowest BCUT2D eigenvalue weighted by atomic mass is 10.1. The van der Waals surface area contributed by atoms with Crippen LogP contribution in [0.15, 0.2) is 48.0 Å². The lowest BCUT2D eigenvalue weighted by Crippen LogP contribution is -2.45. The predicted octanol–water partition coefficient (Wildman–Crippen LogP) is 3.18. The number of halogens is 1. The third-order valence-corrected chi connectivity index (χ3v) is 5.49. The second kappa shape index (κ2) is 8.25. The predicted molar refractivity (Wildman–Crippen MR) is 113 cm³/mol. The number of hydrogen-bond acceptors (Lipinski definition) is 4. The zero-order chi connectivity index (χ0) is 19.5. The van der Waals surface area contributed by atoms with E-state index in [1.807, 2.05) is 24.3 Å². The number of amides is 1. The molecule has 0 saturated carbocycles. The Hall–Kier alpha value is -2.50. The molecule has 2 aromatic carbocycles. The summed E-state index contributed by atoms with van der Waals surface area (Å²) in [7, 11) is 2.15. The van der Waals surface area contributed by atoms with E-state index in [2.05, 4.69) is 40.4 Å². The molecule has 6 heteroatoms. The molecule has 1 amide bonds. The average molecular weight is 398 g/mol. The van der Waals surface area contributed by atoms with Gasteiger partial charge in [-0.05, 0) is 43.0 Å². The van der Waals surface area contributed by atoms with E-state index < -0.39 is 0 Å². The van der Waals surface area contributed by atoms with Crippen molar-refractivity contribution in [2.75, 3.05) is 44.7 Å². The minimum atomic E-state index is -0.112. The zero-order valence-electron chi connectivity index (χ0n) is 16.0. The molecule has 0 spiro atoms. The van der Waals surface area contributed by atoms with Crippen molar-refractivity contribution in [1.82, 2.24) is 10.2 Å². The lowest BCUT2D eigenvalue weighted by Gasteiger charge is -2.35. The molecule has 0 unspecified atom stereocenters. The molecule has 0 radical (unpaired) electrons. The first kappa shape index (κ1) is 18.8. The number of anilines is 1. The van der Waals surface area contributed by atoms with Crippen LogP contribution >= 0.6 is 11.6 Å². The first-order valence-corrected chi connectivity index (χ1v) is 9.90. The van der Waals surface area contributed by atoms with Crippen LogP contribution < -0.4 is 15.0 Å². The number of para-hydroxylation sites is 1. The molecule has 2 heterocycles. The topological polar surface area (TPSA) is 44.8 Å². The van der Waals surface area contributed by atoms with E-state index in [0.29, 0.717) is 17.1 Å². The molecule has 2 aliphatic rings. The fraction of sp³-hybridized carbons (Fsp3) is 0.318. The quantitative estimate of drug-likeness (QED) is 0.860. The van der Waals surface area contributed by atoms with Gasteiger partial charge in [-0.1, -0.05) is 29.8 Å². The highest BCUT2D eigenvalue weighted by Gasteiger charge is 2.19. The number of ether oxygens (including phenoxy) is 1. The van der Waals surface area contributed by atoms with E-state index >= 15 is 0 Å².